The van der Waals surface area contributed by atoms with E-state index in [1.165, 1.54) is 0 Å². The van der Waals surface area contributed by atoms with Gasteiger partial charge in [-0.05, 0) is 26.7 Å². The minimum Gasteiger partial charge on any atom is -0.377 e. The number of hydrogen-bond donors (Lipinski definition) is 0. The van der Waals surface area contributed by atoms with E-state index >= 15 is 0 Å². The standard InChI is InChI=1S/C16H21N5O3/c1-11-14(18-6-5-17-11)4-3-13-10-23-8-7-21(13)16(22)9-15-12(2)19-24-20-15/h5-6,13H,3-4,7-10H2,1-2H3. The van der Waals surface area contributed by atoms with E-state index in [0.717, 1.165) is 24.2 Å². The number of ether oxygens (including phenoxy) is 1. The molecule has 0 radical (unpaired) electrons. The van der Waals surface area contributed by atoms with Crippen LogP contribution in [0.4, 0.5) is 0 Å². The van der Waals surface area contributed by atoms with Crippen molar-refractivity contribution in [2.24, 2.45) is 0 Å². The first kappa shape index (κ1) is 16.5. The van der Waals surface area contributed by atoms with Crippen LogP contribution in [0.1, 0.15) is 29.2 Å². The molecular formula is C16H21N5O3. The van der Waals surface area contributed by atoms with Gasteiger partial charge in [-0.25, -0.2) is 4.63 Å². The molecule has 1 saturated heterocycles. The highest BCUT2D eigenvalue weighted by Crippen LogP contribution is 2.16. The van der Waals surface area contributed by atoms with Crippen LogP contribution in [0.2, 0.25) is 0 Å². The molecule has 1 atom stereocenters. The van der Waals surface area contributed by atoms with Crippen LogP contribution in [0, 0.1) is 13.8 Å². The molecule has 2 aromatic rings. The summed E-state index contributed by atoms with van der Waals surface area (Å²) in [6, 6.07) is 0.0350. The van der Waals surface area contributed by atoms with Crippen LogP contribution in [0.25, 0.3) is 0 Å². The van der Waals surface area contributed by atoms with E-state index < -0.39 is 0 Å². The summed E-state index contributed by atoms with van der Waals surface area (Å²) in [5.74, 6) is 0.0259. The Kier molecular flexibility index (Phi) is 5.14. The second kappa shape index (κ2) is 7.48. The Morgan fingerprint density at radius 2 is 2.04 bits per heavy atom. The minimum atomic E-state index is 0.0259. The normalized spacial score (nSPS) is 17.9. The predicted molar refractivity (Wildman–Crippen MR) is 84.1 cm³/mol. The van der Waals surface area contributed by atoms with Gasteiger partial charge in [0, 0.05) is 18.9 Å². The van der Waals surface area contributed by atoms with E-state index in [4.69, 9.17) is 4.74 Å². The minimum absolute atomic E-state index is 0.0259. The third kappa shape index (κ3) is 3.76. The van der Waals surface area contributed by atoms with Crippen molar-refractivity contribution < 1.29 is 14.2 Å². The molecule has 24 heavy (non-hydrogen) atoms. The van der Waals surface area contributed by atoms with E-state index in [1.807, 2.05) is 11.8 Å². The summed E-state index contributed by atoms with van der Waals surface area (Å²) < 4.78 is 10.2. The molecule has 0 saturated carbocycles. The van der Waals surface area contributed by atoms with Crippen molar-refractivity contribution in [3.8, 4) is 0 Å². The maximum absolute atomic E-state index is 12.6. The molecule has 0 aliphatic carbocycles. The summed E-state index contributed by atoms with van der Waals surface area (Å²) in [5, 5.41) is 7.52. The summed E-state index contributed by atoms with van der Waals surface area (Å²) in [4.78, 5) is 23.1. The van der Waals surface area contributed by atoms with E-state index in [1.54, 1.807) is 19.3 Å². The highest BCUT2D eigenvalue weighted by molar-refractivity contribution is 5.79. The lowest BCUT2D eigenvalue weighted by molar-refractivity contribution is -0.139. The lowest BCUT2D eigenvalue weighted by atomic mass is 10.1. The topological polar surface area (TPSA) is 94.2 Å². The van der Waals surface area contributed by atoms with Crippen molar-refractivity contribution >= 4 is 5.91 Å². The summed E-state index contributed by atoms with van der Waals surface area (Å²) in [6.45, 7) is 5.42. The Balaban J connectivity index is 1.63. The zero-order chi connectivity index (χ0) is 16.9. The molecule has 0 aromatic carbocycles. The van der Waals surface area contributed by atoms with Gasteiger partial charge in [0.1, 0.15) is 11.4 Å². The summed E-state index contributed by atoms with van der Waals surface area (Å²) in [5.41, 5.74) is 3.14. The molecule has 1 unspecified atom stereocenters. The molecule has 2 aromatic heterocycles. The quantitative estimate of drug-likeness (QED) is 0.802. The summed E-state index contributed by atoms with van der Waals surface area (Å²) >= 11 is 0. The monoisotopic (exact) mass is 331 g/mol. The van der Waals surface area contributed by atoms with Crippen molar-refractivity contribution in [2.45, 2.75) is 39.2 Å². The van der Waals surface area contributed by atoms with E-state index in [9.17, 15) is 4.79 Å². The van der Waals surface area contributed by atoms with Crippen molar-refractivity contribution in [3.63, 3.8) is 0 Å². The Morgan fingerprint density at radius 3 is 2.79 bits per heavy atom. The van der Waals surface area contributed by atoms with Crippen LogP contribution in [0.3, 0.4) is 0 Å². The molecule has 1 amide bonds. The highest BCUT2D eigenvalue weighted by Gasteiger charge is 2.28. The largest absolute Gasteiger partial charge is 0.377 e. The Labute approximate surface area is 140 Å². The van der Waals surface area contributed by atoms with Crippen LogP contribution < -0.4 is 0 Å². The number of morpholine rings is 1. The average molecular weight is 331 g/mol. The maximum Gasteiger partial charge on any atom is 0.229 e. The van der Waals surface area contributed by atoms with Crippen LogP contribution in [0.5, 0.6) is 0 Å². The third-order valence-corrected chi connectivity index (χ3v) is 4.31. The molecule has 8 nitrogen and oxygen atoms in total. The van der Waals surface area contributed by atoms with Crippen LogP contribution in [0.15, 0.2) is 17.0 Å². The third-order valence-electron chi connectivity index (χ3n) is 4.31. The van der Waals surface area contributed by atoms with Gasteiger partial charge in [0.15, 0.2) is 0 Å². The number of amides is 1. The molecule has 0 bridgehead atoms. The van der Waals surface area contributed by atoms with E-state index in [-0.39, 0.29) is 18.4 Å². The Bertz CT molecular complexity index is 703. The SMILES string of the molecule is Cc1nccnc1CCC1COCCN1C(=O)Cc1nonc1C. The van der Waals surface area contributed by atoms with E-state index in [2.05, 4.69) is 24.9 Å². The van der Waals surface area contributed by atoms with Gasteiger partial charge in [-0.3, -0.25) is 14.8 Å². The molecule has 3 heterocycles. The van der Waals surface area contributed by atoms with Gasteiger partial charge in [0.25, 0.3) is 0 Å². The Morgan fingerprint density at radius 1 is 1.21 bits per heavy atom. The van der Waals surface area contributed by atoms with Crippen molar-refractivity contribution in [1.29, 1.82) is 0 Å². The Hall–Kier alpha value is -2.35. The van der Waals surface area contributed by atoms with Crippen molar-refractivity contribution in [1.82, 2.24) is 25.2 Å². The van der Waals surface area contributed by atoms with Gasteiger partial charge in [0.05, 0.1) is 37.1 Å². The van der Waals surface area contributed by atoms with Crippen molar-refractivity contribution in [3.05, 3.63) is 35.2 Å². The fourth-order valence-electron chi connectivity index (χ4n) is 2.86. The molecular weight excluding hydrogens is 310 g/mol. The number of carbonyl (C=O) groups is 1. The smallest absolute Gasteiger partial charge is 0.229 e. The molecule has 1 aliphatic heterocycles. The maximum atomic E-state index is 12.6. The number of carbonyl (C=O) groups excluding carboxylic acids is 1. The van der Waals surface area contributed by atoms with Gasteiger partial charge < -0.3 is 9.64 Å². The zero-order valence-electron chi connectivity index (χ0n) is 13.9. The van der Waals surface area contributed by atoms with Gasteiger partial charge in [-0.15, -0.1) is 0 Å². The fourth-order valence-corrected chi connectivity index (χ4v) is 2.86. The molecule has 1 fully saturated rings. The van der Waals surface area contributed by atoms with E-state index in [0.29, 0.717) is 31.1 Å². The highest BCUT2D eigenvalue weighted by atomic mass is 16.6. The fraction of sp³-hybridized carbons (Fsp3) is 0.562. The lowest BCUT2D eigenvalue weighted by Crippen LogP contribution is -2.49. The van der Waals surface area contributed by atoms with Crippen LogP contribution in [-0.2, 0) is 22.4 Å². The van der Waals surface area contributed by atoms with Crippen LogP contribution in [-0.4, -0.2) is 56.9 Å². The summed E-state index contributed by atoms with van der Waals surface area (Å²) in [6.07, 6.45) is 5.15. The predicted octanol–water partition coefficient (Wildman–Crippen LogP) is 0.879. The molecule has 0 N–H and O–H groups in total. The second-order valence-electron chi connectivity index (χ2n) is 5.92. The van der Waals surface area contributed by atoms with Gasteiger partial charge >= 0.3 is 0 Å². The van der Waals surface area contributed by atoms with Gasteiger partial charge in [0.2, 0.25) is 5.91 Å². The molecule has 128 valence electrons. The number of hydrogen-bond acceptors (Lipinski definition) is 7. The average Bonchev–Trinajstić information content (AvgIpc) is 2.99. The lowest BCUT2D eigenvalue weighted by Gasteiger charge is -2.35. The number of aryl methyl sites for hydroxylation is 3. The number of rotatable bonds is 5. The summed E-state index contributed by atoms with van der Waals surface area (Å²) in [7, 11) is 0. The van der Waals surface area contributed by atoms with Gasteiger partial charge in [-0.2, -0.15) is 0 Å². The van der Waals surface area contributed by atoms with Crippen LogP contribution >= 0.6 is 0 Å². The zero-order valence-corrected chi connectivity index (χ0v) is 13.9. The molecule has 1 aliphatic rings. The number of aromatic nitrogens is 4. The first-order valence-corrected chi connectivity index (χ1v) is 8.07. The molecule has 0 spiro atoms. The second-order valence-corrected chi connectivity index (χ2v) is 5.92. The first-order valence-electron chi connectivity index (χ1n) is 8.07. The first-order chi connectivity index (χ1) is 11.6. The van der Waals surface area contributed by atoms with Crippen molar-refractivity contribution in [2.75, 3.05) is 19.8 Å². The van der Waals surface area contributed by atoms with Gasteiger partial charge in [-0.1, -0.05) is 10.3 Å². The molecule has 3 rings (SSSR count). The molecule has 8 heteroatoms. The number of nitrogens with zero attached hydrogens (tertiary/aromatic N) is 5.